The van der Waals surface area contributed by atoms with Crippen LogP contribution in [0.25, 0.3) is 0 Å². The number of rotatable bonds is 16. The molecule has 1 unspecified atom stereocenters. The molecule has 0 aromatic heterocycles. The topological polar surface area (TPSA) is 125 Å². The Labute approximate surface area is 303 Å². The van der Waals surface area contributed by atoms with Crippen molar-refractivity contribution in [3.05, 3.63) is 97.1 Å². The van der Waals surface area contributed by atoms with E-state index in [1.807, 2.05) is 74.5 Å². The van der Waals surface area contributed by atoms with Gasteiger partial charge in [0.25, 0.3) is 0 Å². The predicted octanol–water partition coefficient (Wildman–Crippen LogP) is 4.52. The van der Waals surface area contributed by atoms with Crippen LogP contribution in [0.3, 0.4) is 0 Å². The average molecular weight is 751 g/mol. The second-order valence-electron chi connectivity index (χ2n) is 13.8. The van der Waals surface area contributed by atoms with E-state index >= 15 is 0 Å². The van der Waals surface area contributed by atoms with Gasteiger partial charge in [0, 0.05) is 23.8 Å². The number of fused-ring (bicyclic) bond motifs is 1. The minimum atomic E-state index is -1.35. The minimum absolute atomic E-state index is 0.206. The molecule has 3 aliphatic rings. The van der Waals surface area contributed by atoms with E-state index in [2.05, 4.69) is 34.4 Å². The van der Waals surface area contributed by atoms with Crippen molar-refractivity contribution in [3.63, 3.8) is 0 Å². The molecule has 0 saturated carbocycles. The number of benzene rings is 2. The molecule has 268 valence electrons. The fourth-order valence-electron chi connectivity index (χ4n) is 7.94. The Bertz CT molecular complexity index is 1560. The van der Waals surface area contributed by atoms with E-state index in [9.17, 15) is 24.3 Å². The molecule has 3 saturated heterocycles. The van der Waals surface area contributed by atoms with Gasteiger partial charge >= 0.3 is 5.97 Å². The summed E-state index contributed by atoms with van der Waals surface area (Å²) < 4.78 is 13.0. The Morgan fingerprint density at radius 3 is 2.36 bits per heavy atom. The summed E-state index contributed by atoms with van der Waals surface area (Å²) in [4.78, 5) is 59.5. The molecule has 9 atom stereocenters. The minimum Gasteiger partial charge on any atom is -0.455 e. The van der Waals surface area contributed by atoms with Crippen molar-refractivity contribution >= 4 is 39.6 Å². The van der Waals surface area contributed by atoms with Crippen molar-refractivity contribution in [1.29, 1.82) is 0 Å². The van der Waals surface area contributed by atoms with Gasteiger partial charge in [0.2, 0.25) is 17.7 Å². The van der Waals surface area contributed by atoms with Gasteiger partial charge in [0.05, 0.1) is 36.6 Å². The van der Waals surface area contributed by atoms with Crippen LogP contribution in [-0.4, -0.2) is 92.4 Å². The van der Waals surface area contributed by atoms with E-state index in [0.29, 0.717) is 24.8 Å². The molecule has 2 bridgehead atoms. The fourth-order valence-corrected chi connectivity index (χ4v) is 8.88. The third-order valence-electron chi connectivity index (χ3n) is 10.2. The maximum Gasteiger partial charge on any atom is 0.313 e. The normalized spacial score (nSPS) is 27.0. The number of allylic oxidation sites excluding steroid dienone is 1. The van der Waals surface area contributed by atoms with Crippen molar-refractivity contribution in [2.75, 3.05) is 13.2 Å². The number of nitrogens with zero attached hydrogens (tertiary/aromatic N) is 2. The molecule has 3 fully saturated rings. The number of aliphatic hydroxyl groups is 1. The lowest BCUT2D eigenvalue weighted by atomic mass is 9.70. The molecule has 10 nitrogen and oxygen atoms in total. The maximum absolute atomic E-state index is 14.8. The van der Waals surface area contributed by atoms with Crippen LogP contribution in [0.5, 0.6) is 0 Å². The lowest BCUT2D eigenvalue weighted by Gasteiger charge is -2.40. The van der Waals surface area contributed by atoms with Gasteiger partial charge in [0.15, 0.2) is 0 Å². The van der Waals surface area contributed by atoms with Gasteiger partial charge < -0.3 is 29.7 Å². The van der Waals surface area contributed by atoms with Gasteiger partial charge in [-0.3, -0.25) is 19.2 Å². The summed E-state index contributed by atoms with van der Waals surface area (Å²) in [7, 11) is 0. The molecule has 0 aliphatic carbocycles. The Kier molecular flexibility index (Phi) is 12.0. The Morgan fingerprint density at radius 2 is 1.76 bits per heavy atom. The average Bonchev–Trinajstić information content (AvgIpc) is 3.70. The molecule has 5 rings (SSSR count). The molecule has 3 aliphatic heterocycles. The zero-order valence-corrected chi connectivity index (χ0v) is 30.5. The molecule has 2 N–H and O–H groups in total. The zero-order chi connectivity index (χ0) is 36.2. The van der Waals surface area contributed by atoms with Crippen molar-refractivity contribution in [2.24, 2.45) is 11.8 Å². The molecular formula is C39H48BrN3O7. The largest absolute Gasteiger partial charge is 0.455 e. The zero-order valence-electron chi connectivity index (χ0n) is 29.0. The molecule has 50 heavy (non-hydrogen) atoms. The fraction of sp³-hybridized carbons (Fsp3) is 0.487. The van der Waals surface area contributed by atoms with E-state index < -0.39 is 66.3 Å². The summed E-state index contributed by atoms with van der Waals surface area (Å²) >= 11 is 3.74. The van der Waals surface area contributed by atoms with Crippen LogP contribution in [0, 0.1) is 11.8 Å². The van der Waals surface area contributed by atoms with Gasteiger partial charge in [-0.1, -0.05) is 88.7 Å². The van der Waals surface area contributed by atoms with Gasteiger partial charge in [-0.25, -0.2) is 0 Å². The van der Waals surface area contributed by atoms with Gasteiger partial charge in [-0.15, -0.1) is 13.2 Å². The number of carbonyl (C=O) groups is 4. The van der Waals surface area contributed by atoms with Gasteiger partial charge in [-0.05, 0) is 51.2 Å². The monoisotopic (exact) mass is 749 g/mol. The number of amides is 3. The summed E-state index contributed by atoms with van der Waals surface area (Å²) in [6, 6.07) is 16.0. The number of likely N-dealkylation sites (tertiary alicyclic amines) is 1. The van der Waals surface area contributed by atoms with E-state index in [4.69, 9.17) is 9.47 Å². The second kappa shape index (κ2) is 16.0. The van der Waals surface area contributed by atoms with Crippen LogP contribution in [0.2, 0.25) is 0 Å². The maximum atomic E-state index is 14.8. The number of esters is 1. The number of ether oxygens (including phenoxy) is 2. The van der Waals surface area contributed by atoms with Gasteiger partial charge in [-0.2, -0.15) is 0 Å². The number of nitrogens with one attached hydrogen (secondary N) is 1. The summed E-state index contributed by atoms with van der Waals surface area (Å²) in [5.74, 6) is -3.68. The summed E-state index contributed by atoms with van der Waals surface area (Å²) in [6.45, 7) is 12.9. The van der Waals surface area contributed by atoms with Crippen molar-refractivity contribution < 1.29 is 33.8 Å². The first-order chi connectivity index (χ1) is 24.0. The summed E-state index contributed by atoms with van der Waals surface area (Å²) in [6.07, 6.45) is 3.06. The number of carbonyl (C=O) groups excluding carboxylic acids is 4. The molecular weight excluding hydrogens is 702 g/mol. The number of aliphatic hydroxyl groups excluding tert-OH is 1. The van der Waals surface area contributed by atoms with Crippen LogP contribution in [-0.2, 0) is 35.1 Å². The first kappa shape index (κ1) is 37.5. The summed E-state index contributed by atoms with van der Waals surface area (Å²) in [5.41, 5.74) is 0.225. The highest BCUT2D eigenvalue weighted by molar-refractivity contribution is 9.09. The molecule has 3 heterocycles. The summed E-state index contributed by atoms with van der Waals surface area (Å²) in [5, 5.41) is 13.7. The Hall–Kier alpha value is -3.80. The standard InChI is InChI=1S/C39H48BrN3O7/c1-6-8-19-30(45)41-25(5)33(27-17-13-10-14-18-27)49-38(48)31-32-36(46)43(28(23-44)21-26-15-11-9-12-16-26)35(37(47)42(20-7-2)24(3)4)39(32)22-29(40)34(31)50-39/h6-7,9-18,24-25,28-29,31-35,44H,1-2,8,19-23H2,3-5H3,(H,41,45)/t25-,28+,29?,31-,32+,33-,34-,35-,39+/m0/s1. The van der Waals surface area contributed by atoms with Crippen LogP contribution in [0.15, 0.2) is 86.0 Å². The van der Waals surface area contributed by atoms with Crippen molar-refractivity contribution in [2.45, 2.75) is 93.3 Å². The number of halogens is 1. The number of hydrogen-bond acceptors (Lipinski definition) is 7. The Morgan fingerprint density at radius 1 is 1.10 bits per heavy atom. The van der Waals surface area contributed by atoms with Crippen LogP contribution in [0.1, 0.15) is 57.3 Å². The lowest BCUT2D eigenvalue weighted by molar-refractivity contribution is -0.162. The molecule has 0 radical (unpaired) electrons. The molecule has 2 aromatic rings. The van der Waals surface area contributed by atoms with Crippen molar-refractivity contribution in [1.82, 2.24) is 15.1 Å². The highest BCUT2D eigenvalue weighted by Gasteiger charge is 2.77. The molecule has 11 heteroatoms. The number of alkyl halides is 1. The van der Waals surface area contributed by atoms with E-state index in [1.54, 1.807) is 24.0 Å². The van der Waals surface area contributed by atoms with Crippen molar-refractivity contribution in [3.8, 4) is 0 Å². The highest BCUT2D eigenvalue weighted by Crippen LogP contribution is 2.61. The third-order valence-corrected chi connectivity index (χ3v) is 11.0. The van der Waals surface area contributed by atoms with E-state index in [0.717, 1.165) is 5.56 Å². The Balaban J connectivity index is 1.53. The lowest BCUT2D eigenvalue weighted by Crippen LogP contribution is -2.60. The molecule has 3 amide bonds. The van der Waals surface area contributed by atoms with Crippen LogP contribution >= 0.6 is 15.9 Å². The third kappa shape index (κ3) is 7.18. The second-order valence-corrected chi connectivity index (χ2v) is 14.9. The first-order valence-electron chi connectivity index (χ1n) is 17.3. The first-order valence-corrected chi connectivity index (χ1v) is 18.3. The van der Waals surface area contributed by atoms with Crippen LogP contribution in [0.4, 0.5) is 0 Å². The molecule has 2 aromatic carbocycles. The van der Waals surface area contributed by atoms with Crippen LogP contribution < -0.4 is 5.32 Å². The van der Waals surface area contributed by atoms with E-state index in [1.165, 1.54) is 4.90 Å². The predicted molar refractivity (Wildman–Crippen MR) is 193 cm³/mol. The highest BCUT2D eigenvalue weighted by atomic mass is 79.9. The smallest absolute Gasteiger partial charge is 0.313 e. The number of hydrogen-bond donors (Lipinski definition) is 2. The van der Waals surface area contributed by atoms with Gasteiger partial charge in [0.1, 0.15) is 17.7 Å². The SMILES string of the molecule is C=CCCC(=O)N[C@@H](C)[C@H](OC(=O)[C@@H]1[C@H]2O[C@@]3(CC2Br)[C@H](C(=O)N(CC=C)C(C)C)N([C@@H](CO)Cc2ccccc2)C(=O)[C@@H]13)c1ccccc1. The van der Waals surface area contributed by atoms with E-state index in [-0.39, 0.29) is 35.6 Å². The molecule has 1 spiro atoms. The quantitative estimate of drug-likeness (QED) is 0.147.